The molecule has 1 rings (SSSR count). The molecule has 0 unspecified atom stereocenters. The fourth-order valence-electron chi connectivity index (χ4n) is 1.48. The lowest BCUT2D eigenvalue weighted by atomic mass is 10.4. The van der Waals surface area contributed by atoms with Crippen molar-refractivity contribution in [2.45, 2.75) is 38.3 Å². The number of nitrogens with one attached hydrogen (secondary N) is 1. The zero-order chi connectivity index (χ0) is 13.9. The monoisotopic (exact) mass is 290 g/mol. The van der Waals surface area contributed by atoms with Crippen LogP contribution in [0, 0.1) is 0 Å². The average molecular weight is 290 g/mol. The van der Waals surface area contributed by atoms with E-state index in [1.54, 1.807) is 13.8 Å². The Hall–Kier alpha value is -0.990. The predicted octanol–water partition coefficient (Wildman–Crippen LogP) is 0.657. The molecule has 0 amide bonds. The van der Waals surface area contributed by atoms with Gasteiger partial charge in [-0.3, -0.25) is 0 Å². The Morgan fingerprint density at radius 1 is 1.61 bits per heavy atom. The number of aromatic amines is 1. The second-order valence-electron chi connectivity index (χ2n) is 4.16. The van der Waals surface area contributed by atoms with E-state index in [1.807, 2.05) is 6.92 Å². The maximum atomic E-state index is 12.4. The SMILES string of the molecule is CCc1ncc(S(=O)(=O)N(CC(N)=S)C(C)C)[nH]1. The van der Waals surface area contributed by atoms with Gasteiger partial charge >= 0.3 is 0 Å². The van der Waals surface area contributed by atoms with E-state index < -0.39 is 10.0 Å². The van der Waals surface area contributed by atoms with E-state index in [4.69, 9.17) is 18.0 Å². The largest absolute Gasteiger partial charge is 0.392 e. The van der Waals surface area contributed by atoms with Crippen LogP contribution in [-0.2, 0) is 16.4 Å². The Bertz CT molecular complexity index is 522. The first-order valence-electron chi connectivity index (χ1n) is 5.63. The topological polar surface area (TPSA) is 92.1 Å². The molecular formula is C10H18N4O2S2. The highest BCUT2D eigenvalue weighted by molar-refractivity contribution is 7.89. The molecule has 102 valence electrons. The van der Waals surface area contributed by atoms with Crippen molar-refractivity contribution in [3.05, 3.63) is 12.0 Å². The number of H-pyrrole nitrogens is 1. The van der Waals surface area contributed by atoms with Gasteiger partial charge < -0.3 is 10.7 Å². The zero-order valence-electron chi connectivity index (χ0n) is 10.7. The first-order chi connectivity index (χ1) is 8.28. The van der Waals surface area contributed by atoms with Crippen molar-refractivity contribution in [1.29, 1.82) is 0 Å². The highest BCUT2D eigenvalue weighted by atomic mass is 32.2. The number of aromatic nitrogens is 2. The number of hydrogen-bond donors (Lipinski definition) is 2. The summed E-state index contributed by atoms with van der Waals surface area (Å²) in [5, 5.41) is 0.0734. The number of imidazole rings is 1. The smallest absolute Gasteiger partial charge is 0.260 e. The van der Waals surface area contributed by atoms with Crippen LogP contribution in [0.2, 0.25) is 0 Å². The van der Waals surface area contributed by atoms with Gasteiger partial charge in [0.1, 0.15) is 5.82 Å². The number of nitrogens with two attached hydrogens (primary N) is 1. The van der Waals surface area contributed by atoms with Gasteiger partial charge in [0, 0.05) is 12.5 Å². The van der Waals surface area contributed by atoms with Gasteiger partial charge in [0.15, 0.2) is 5.03 Å². The van der Waals surface area contributed by atoms with E-state index in [1.165, 1.54) is 10.5 Å². The summed E-state index contributed by atoms with van der Waals surface area (Å²) in [6, 6.07) is -0.232. The minimum Gasteiger partial charge on any atom is -0.392 e. The van der Waals surface area contributed by atoms with Crippen LogP contribution >= 0.6 is 12.2 Å². The van der Waals surface area contributed by atoms with Crippen LogP contribution in [0.25, 0.3) is 0 Å². The van der Waals surface area contributed by atoms with Crippen LogP contribution in [-0.4, -0.2) is 40.3 Å². The van der Waals surface area contributed by atoms with Crippen LogP contribution in [0.15, 0.2) is 11.2 Å². The minimum atomic E-state index is -3.64. The van der Waals surface area contributed by atoms with E-state index in [9.17, 15) is 8.42 Å². The lowest BCUT2D eigenvalue weighted by molar-refractivity contribution is 0.389. The molecule has 0 spiro atoms. The van der Waals surface area contributed by atoms with Crippen LogP contribution < -0.4 is 5.73 Å². The number of hydrogen-bond acceptors (Lipinski definition) is 4. The van der Waals surface area contributed by atoms with Crippen LogP contribution in [0.3, 0.4) is 0 Å². The summed E-state index contributed by atoms with van der Waals surface area (Å²) in [6.45, 7) is 5.46. The summed E-state index contributed by atoms with van der Waals surface area (Å²) in [6.07, 6.45) is 1.97. The Morgan fingerprint density at radius 2 is 2.22 bits per heavy atom. The van der Waals surface area contributed by atoms with E-state index in [-0.39, 0.29) is 22.6 Å². The van der Waals surface area contributed by atoms with E-state index in [0.29, 0.717) is 12.2 Å². The maximum absolute atomic E-state index is 12.4. The second kappa shape index (κ2) is 5.77. The average Bonchev–Trinajstić information content (AvgIpc) is 2.74. The highest BCUT2D eigenvalue weighted by Gasteiger charge is 2.29. The molecule has 0 fully saturated rings. The van der Waals surface area contributed by atoms with Gasteiger partial charge in [-0.05, 0) is 13.8 Å². The van der Waals surface area contributed by atoms with Gasteiger partial charge in [0.05, 0.1) is 17.7 Å². The maximum Gasteiger partial charge on any atom is 0.260 e. The molecule has 0 saturated heterocycles. The molecule has 0 aliphatic rings. The number of rotatable bonds is 6. The molecule has 0 radical (unpaired) electrons. The Kier molecular flexibility index (Phi) is 4.83. The van der Waals surface area contributed by atoms with E-state index in [0.717, 1.165) is 0 Å². The molecule has 8 heteroatoms. The molecule has 1 aromatic rings. The van der Waals surface area contributed by atoms with Crippen molar-refractivity contribution in [2.24, 2.45) is 5.73 Å². The predicted molar refractivity (Wildman–Crippen MR) is 73.8 cm³/mol. The summed E-state index contributed by atoms with van der Waals surface area (Å²) in [5.41, 5.74) is 5.44. The molecule has 0 atom stereocenters. The third-order valence-electron chi connectivity index (χ3n) is 2.41. The minimum absolute atomic E-state index is 0.0236. The van der Waals surface area contributed by atoms with Crippen molar-refractivity contribution >= 4 is 27.2 Å². The molecule has 3 N–H and O–H groups in total. The zero-order valence-corrected chi connectivity index (χ0v) is 12.3. The Balaban J connectivity index is 3.12. The fourth-order valence-corrected chi connectivity index (χ4v) is 3.25. The molecule has 0 aromatic carbocycles. The number of nitrogens with zero attached hydrogens (tertiary/aromatic N) is 2. The van der Waals surface area contributed by atoms with Crippen molar-refractivity contribution in [2.75, 3.05) is 6.54 Å². The van der Waals surface area contributed by atoms with Gasteiger partial charge in [0.25, 0.3) is 10.0 Å². The first kappa shape index (κ1) is 15.1. The summed E-state index contributed by atoms with van der Waals surface area (Å²) >= 11 is 4.78. The lowest BCUT2D eigenvalue weighted by Gasteiger charge is -2.24. The van der Waals surface area contributed by atoms with Crippen molar-refractivity contribution in [3.8, 4) is 0 Å². The molecule has 0 bridgehead atoms. The van der Waals surface area contributed by atoms with Crippen LogP contribution in [0.5, 0.6) is 0 Å². The highest BCUT2D eigenvalue weighted by Crippen LogP contribution is 2.16. The molecule has 6 nitrogen and oxygen atoms in total. The van der Waals surface area contributed by atoms with Gasteiger partial charge in [-0.25, -0.2) is 13.4 Å². The van der Waals surface area contributed by atoms with E-state index >= 15 is 0 Å². The summed E-state index contributed by atoms with van der Waals surface area (Å²) in [4.78, 5) is 6.92. The van der Waals surface area contributed by atoms with Crippen molar-refractivity contribution in [3.63, 3.8) is 0 Å². The molecule has 0 aliphatic carbocycles. The normalized spacial score (nSPS) is 12.3. The molecule has 1 aromatic heterocycles. The number of sulfonamides is 1. The van der Waals surface area contributed by atoms with Crippen LogP contribution in [0.4, 0.5) is 0 Å². The van der Waals surface area contributed by atoms with Gasteiger partial charge in [-0.15, -0.1) is 0 Å². The van der Waals surface area contributed by atoms with Gasteiger partial charge in [0.2, 0.25) is 0 Å². The number of thiocarbonyl (C=S) groups is 1. The number of aryl methyl sites for hydroxylation is 1. The van der Waals surface area contributed by atoms with E-state index in [2.05, 4.69) is 9.97 Å². The van der Waals surface area contributed by atoms with Crippen LogP contribution in [0.1, 0.15) is 26.6 Å². The molecule has 0 aliphatic heterocycles. The molecule has 1 heterocycles. The van der Waals surface area contributed by atoms with Gasteiger partial charge in [-0.1, -0.05) is 19.1 Å². The standard InChI is InChI=1S/C10H18N4O2S2/c1-4-9-12-5-10(13-9)18(15,16)14(7(2)3)6-8(11)17/h5,7H,4,6H2,1-3H3,(H2,11,17)(H,12,13). The molecule has 0 saturated carbocycles. The lowest BCUT2D eigenvalue weighted by Crippen LogP contribution is -2.42. The van der Waals surface area contributed by atoms with Crippen molar-refractivity contribution in [1.82, 2.24) is 14.3 Å². The van der Waals surface area contributed by atoms with Crippen molar-refractivity contribution < 1.29 is 8.42 Å². The molecule has 18 heavy (non-hydrogen) atoms. The third-order valence-corrected chi connectivity index (χ3v) is 4.47. The Morgan fingerprint density at radius 3 is 2.61 bits per heavy atom. The first-order valence-corrected chi connectivity index (χ1v) is 7.47. The summed E-state index contributed by atoms with van der Waals surface area (Å²) in [7, 11) is -3.64. The fraction of sp³-hybridized carbons (Fsp3) is 0.600. The second-order valence-corrected chi connectivity index (χ2v) is 6.54. The Labute approximate surface area is 113 Å². The summed E-state index contributed by atoms with van der Waals surface area (Å²) in [5.74, 6) is 0.632. The van der Waals surface area contributed by atoms with Gasteiger partial charge in [-0.2, -0.15) is 4.31 Å². The summed E-state index contributed by atoms with van der Waals surface area (Å²) < 4.78 is 26.0. The third kappa shape index (κ3) is 3.27. The quantitative estimate of drug-likeness (QED) is 0.751. The molecular weight excluding hydrogens is 272 g/mol.